The fourth-order valence-electron chi connectivity index (χ4n) is 2.36. The van der Waals surface area contributed by atoms with Gasteiger partial charge in [-0.25, -0.2) is 0 Å². The first-order valence-corrected chi connectivity index (χ1v) is 8.11. The summed E-state index contributed by atoms with van der Waals surface area (Å²) in [4.78, 5) is 11.6. The summed E-state index contributed by atoms with van der Waals surface area (Å²) in [7, 11) is 0. The Morgan fingerprint density at radius 3 is 2.04 bits per heavy atom. The summed E-state index contributed by atoms with van der Waals surface area (Å²) >= 11 is 0. The maximum absolute atomic E-state index is 12.6. The molecule has 0 aliphatic carbocycles. The molecule has 134 valence electrons. The highest BCUT2D eigenvalue weighted by Gasteiger charge is 2.29. The van der Waals surface area contributed by atoms with Crippen LogP contribution in [0.3, 0.4) is 0 Å². The van der Waals surface area contributed by atoms with Gasteiger partial charge in [-0.3, -0.25) is 4.79 Å². The number of nitrogens with one attached hydrogen (secondary N) is 1. The number of hydrogen-bond acceptors (Lipinski definition) is 2. The van der Waals surface area contributed by atoms with Gasteiger partial charge in [-0.05, 0) is 41.7 Å². The summed E-state index contributed by atoms with van der Waals surface area (Å²) in [6.07, 6.45) is -3.07. The van der Waals surface area contributed by atoms with Crippen molar-refractivity contribution < 1.29 is 18.0 Å². The van der Waals surface area contributed by atoms with Gasteiger partial charge in [0.25, 0.3) is 0 Å². The summed E-state index contributed by atoms with van der Waals surface area (Å²) in [6, 6.07) is 12.1. The van der Waals surface area contributed by atoms with Crippen LogP contribution in [0, 0.1) is 0 Å². The van der Waals surface area contributed by atoms with Crippen LogP contribution in [0.5, 0.6) is 0 Å². The van der Waals surface area contributed by atoms with Gasteiger partial charge in [0.2, 0.25) is 5.91 Å². The molecular weight excluding hydrogens is 329 g/mol. The standard InChI is InChI=1S/C19H21F3N2O/c1-2-17(23)18(25)24-12-11-13-3-5-14(6-4-13)15-7-9-16(10-8-15)19(20,21)22/h3-10,17H,2,11-12,23H2,1H3,(H,24,25). The SMILES string of the molecule is CCC(N)C(=O)NCCc1ccc(-c2ccc(C(F)(F)F)cc2)cc1. The molecular formula is C19H21F3N2O. The normalized spacial score (nSPS) is 12.7. The number of rotatable bonds is 6. The minimum absolute atomic E-state index is 0.163. The second kappa shape index (κ2) is 8.16. The lowest BCUT2D eigenvalue weighted by Crippen LogP contribution is -2.40. The van der Waals surface area contributed by atoms with Crippen molar-refractivity contribution in [2.24, 2.45) is 5.73 Å². The van der Waals surface area contributed by atoms with Crippen molar-refractivity contribution in [3.05, 3.63) is 59.7 Å². The largest absolute Gasteiger partial charge is 0.416 e. The molecule has 0 fully saturated rings. The highest BCUT2D eigenvalue weighted by Crippen LogP contribution is 2.31. The van der Waals surface area contributed by atoms with E-state index in [0.717, 1.165) is 28.8 Å². The number of alkyl halides is 3. The molecule has 0 saturated heterocycles. The number of benzene rings is 2. The molecule has 1 atom stereocenters. The smallest absolute Gasteiger partial charge is 0.354 e. The summed E-state index contributed by atoms with van der Waals surface area (Å²) in [5.41, 5.74) is 7.57. The Balaban J connectivity index is 1.94. The number of carbonyl (C=O) groups excluding carboxylic acids is 1. The number of carbonyl (C=O) groups is 1. The van der Waals surface area contributed by atoms with Crippen LogP contribution in [0.1, 0.15) is 24.5 Å². The van der Waals surface area contributed by atoms with Crippen molar-refractivity contribution in [1.29, 1.82) is 0 Å². The van der Waals surface area contributed by atoms with Crippen molar-refractivity contribution >= 4 is 5.91 Å². The van der Waals surface area contributed by atoms with Crippen LogP contribution in [-0.4, -0.2) is 18.5 Å². The van der Waals surface area contributed by atoms with Gasteiger partial charge in [0.15, 0.2) is 0 Å². The summed E-state index contributed by atoms with van der Waals surface area (Å²) < 4.78 is 37.8. The first-order valence-electron chi connectivity index (χ1n) is 8.11. The summed E-state index contributed by atoms with van der Waals surface area (Å²) in [5.74, 6) is -0.163. The predicted octanol–water partition coefficient (Wildman–Crippen LogP) is 3.77. The molecule has 0 saturated carbocycles. The highest BCUT2D eigenvalue weighted by molar-refractivity contribution is 5.81. The van der Waals surface area contributed by atoms with E-state index in [4.69, 9.17) is 5.73 Å². The van der Waals surface area contributed by atoms with Crippen LogP contribution in [0.25, 0.3) is 11.1 Å². The first-order chi connectivity index (χ1) is 11.8. The zero-order valence-corrected chi connectivity index (χ0v) is 13.9. The quantitative estimate of drug-likeness (QED) is 0.833. The van der Waals surface area contributed by atoms with E-state index in [9.17, 15) is 18.0 Å². The van der Waals surface area contributed by atoms with Crippen LogP contribution in [-0.2, 0) is 17.4 Å². The third-order valence-electron chi connectivity index (χ3n) is 3.99. The fraction of sp³-hybridized carbons (Fsp3) is 0.316. The third-order valence-corrected chi connectivity index (χ3v) is 3.99. The average Bonchev–Trinajstić information content (AvgIpc) is 2.61. The molecule has 3 N–H and O–H groups in total. The van der Waals surface area contributed by atoms with Crippen molar-refractivity contribution in [3.8, 4) is 11.1 Å². The second-order valence-corrected chi connectivity index (χ2v) is 5.83. The van der Waals surface area contributed by atoms with Crippen LogP contribution in [0.15, 0.2) is 48.5 Å². The predicted molar refractivity (Wildman–Crippen MR) is 91.9 cm³/mol. The minimum atomic E-state index is -4.33. The Morgan fingerprint density at radius 2 is 1.56 bits per heavy atom. The number of hydrogen-bond donors (Lipinski definition) is 2. The van der Waals surface area contributed by atoms with E-state index < -0.39 is 17.8 Å². The van der Waals surface area contributed by atoms with Crippen LogP contribution in [0.2, 0.25) is 0 Å². The van der Waals surface area contributed by atoms with Crippen molar-refractivity contribution in [3.63, 3.8) is 0 Å². The Hall–Kier alpha value is -2.34. The molecule has 0 bridgehead atoms. The highest BCUT2D eigenvalue weighted by atomic mass is 19.4. The Morgan fingerprint density at radius 1 is 1.04 bits per heavy atom. The monoisotopic (exact) mass is 350 g/mol. The van der Waals surface area contributed by atoms with Gasteiger partial charge in [-0.1, -0.05) is 43.3 Å². The topological polar surface area (TPSA) is 55.1 Å². The maximum Gasteiger partial charge on any atom is 0.416 e. The van der Waals surface area contributed by atoms with Gasteiger partial charge in [0, 0.05) is 6.54 Å². The van der Waals surface area contributed by atoms with Gasteiger partial charge in [-0.2, -0.15) is 13.2 Å². The van der Waals surface area contributed by atoms with Crippen LogP contribution < -0.4 is 11.1 Å². The molecule has 2 rings (SSSR count). The van der Waals surface area contributed by atoms with E-state index in [2.05, 4.69) is 5.32 Å². The van der Waals surface area contributed by atoms with Gasteiger partial charge >= 0.3 is 6.18 Å². The van der Waals surface area contributed by atoms with E-state index in [0.29, 0.717) is 19.4 Å². The van der Waals surface area contributed by atoms with Gasteiger partial charge < -0.3 is 11.1 Å². The summed E-state index contributed by atoms with van der Waals surface area (Å²) in [6.45, 7) is 2.34. The Labute approximate surface area is 145 Å². The fourth-order valence-corrected chi connectivity index (χ4v) is 2.36. The van der Waals surface area contributed by atoms with E-state index in [1.807, 2.05) is 31.2 Å². The molecule has 0 radical (unpaired) electrons. The zero-order valence-electron chi connectivity index (χ0n) is 13.9. The molecule has 0 aromatic heterocycles. The second-order valence-electron chi connectivity index (χ2n) is 5.83. The van der Waals surface area contributed by atoms with E-state index in [1.54, 1.807) is 0 Å². The Kier molecular flexibility index (Phi) is 6.20. The van der Waals surface area contributed by atoms with E-state index in [-0.39, 0.29) is 5.91 Å². The number of halogens is 3. The molecule has 0 aliphatic rings. The minimum Gasteiger partial charge on any atom is -0.354 e. The van der Waals surface area contributed by atoms with Crippen LogP contribution >= 0.6 is 0 Å². The first kappa shape index (κ1) is 19.0. The lowest BCUT2D eigenvalue weighted by Gasteiger charge is -2.10. The molecule has 0 heterocycles. The van der Waals surface area contributed by atoms with E-state index in [1.165, 1.54) is 12.1 Å². The lowest BCUT2D eigenvalue weighted by atomic mass is 10.0. The molecule has 6 heteroatoms. The van der Waals surface area contributed by atoms with Crippen molar-refractivity contribution in [1.82, 2.24) is 5.32 Å². The molecule has 25 heavy (non-hydrogen) atoms. The van der Waals surface area contributed by atoms with Gasteiger partial charge in [-0.15, -0.1) is 0 Å². The molecule has 1 amide bonds. The Bertz CT molecular complexity index is 694. The van der Waals surface area contributed by atoms with Gasteiger partial charge in [0.05, 0.1) is 11.6 Å². The average molecular weight is 350 g/mol. The molecule has 1 unspecified atom stereocenters. The van der Waals surface area contributed by atoms with Crippen molar-refractivity contribution in [2.75, 3.05) is 6.54 Å². The molecule has 0 spiro atoms. The lowest BCUT2D eigenvalue weighted by molar-refractivity contribution is -0.137. The molecule has 2 aromatic carbocycles. The molecule has 3 nitrogen and oxygen atoms in total. The van der Waals surface area contributed by atoms with Crippen molar-refractivity contribution in [2.45, 2.75) is 32.0 Å². The van der Waals surface area contributed by atoms with Crippen LogP contribution in [0.4, 0.5) is 13.2 Å². The van der Waals surface area contributed by atoms with E-state index >= 15 is 0 Å². The third kappa shape index (κ3) is 5.32. The molecule has 0 aliphatic heterocycles. The summed E-state index contributed by atoms with van der Waals surface area (Å²) in [5, 5.41) is 2.78. The zero-order chi connectivity index (χ0) is 18.4. The maximum atomic E-state index is 12.6. The number of nitrogens with two attached hydrogens (primary N) is 1. The number of amides is 1. The molecule has 2 aromatic rings. The van der Waals surface area contributed by atoms with Gasteiger partial charge in [0.1, 0.15) is 0 Å².